The van der Waals surface area contributed by atoms with Gasteiger partial charge < -0.3 is 10.1 Å². The van der Waals surface area contributed by atoms with Gasteiger partial charge in [-0.05, 0) is 5.56 Å². The number of amides is 1. The Labute approximate surface area is 83.4 Å². The topological polar surface area (TPSA) is 38.3 Å². The zero-order chi connectivity index (χ0) is 10.2. The summed E-state index contributed by atoms with van der Waals surface area (Å²) in [6.07, 6.45) is 0.998. The molecule has 0 atom stereocenters. The fraction of sp³-hybridized carbons (Fsp3) is 0.0909. The highest BCUT2D eigenvalue weighted by Crippen LogP contribution is 2.00. The molecule has 0 unspecified atom stereocenters. The predicted octanol–water partition coefficient (Wildman–Crippen LogP) is 2.26. The van der Waals surface area contributed by atoms with Crippen LogP contribution in [-0.2, 0) is 11.3 Å². The Morgan fingerprint density at radius 1 is 1.43 bits per heavy atom. The van der Waals surface area contributed by atoms with Gasteiger partial charge in [-0.25, -0.2) is 4.79 Å². The van der Waals surface area contributed by atoms with Crippen LogP contribution in [0.15, 0.2) is 43.0 Å². The van der Waals surface area contributed by atoms with Gasteiger partial charge in [-0.15, -0.1) is 6.58 Å². The minimum atomic E-state index is -0.478. The average Bonchev–Trinajstić information content (AvgIpc) is 2.25. The Hall–Kier alpha value is -1.77. The molecule has 0 spiro atoms. The Bertz CT molecular complexity index is 295. The van der Waals surface area contributed by atoms with E-state index in [1.807, 2.05) is 30.3 Å². The zero-order valence-electron chi connectivity index (χ0n) is 7.77. The zero-order valence-corrected chi connectivity index (χ0v) is 7.77. The molecule has 1 N–H and O–H groups in total. The first kappa shape index (κ1) is 10.3. The van der Waals surface area contributed by atoms with Crippen molar-refractivity contribution < 1.29 is 9.53 Å². The summed E-state index contributed by atoms with van der Waals surface area (Å²) in [5.41, 5.74) is 0.959. The first-order valence-corrected chi connectivity index (χ1v) is 4.24. The van der Waals surface area contributed by atoms with E-state index in [1.54, 1.807) is 0 Å². The van der Waals surface area contributed by atoms with Crippen LogP contribution in [0.1, 0.15) is 5.56 Å². The summed E-state index contributed by atoms with van der Waals surface area (Å²) in [4.78, 5) is 11.0. The van der Waals surface area contributed by atoms with Gasteiger partial charge in [-0.3, -0.25) is 0 Å². The maximum Gasteiger partial charge on any atom is 0.408 e. The van der Waals surface area contributed by atoms with Gasteiger partial charge in [-0.2, -0.15) is 0 Å². The van der Waals surface area contributed by atoms with Crippen LogP contribution in [0.25, 0.3) is 0 Å². The lowest BCUT2D eigenvalue weighted by Crippen LogP contribution is -2.20. The SMILES string of the molecule is C=C[CH]NC(=O)OCc1ccccc1. The molecule has 0 fully saturated rings. The van der Waals surface area contributed by atoms with E-state index in [0.29, 0.717) is 0 Å². The molecule has 1 rings (SSSR count). The van der Waals surface area contributed by atoms with E-state index in [0.717, 1.165) is 5.56 Å². The fourth-order valence-corrected chi connectivity index (χ4v) is 0.892. The van der Waals surface area contributed by atoms with Gasteiger partial charge in [0.2, 0.25) is 0 Å². The second kappa shape index (κ2) is 5.80. The molecule has 1 aromatic rings. The Morgan fingerprint density at radius 2 is 2.14 bits per heavy atom. The molecule has 0 aliphatic heterocycles. The normalized spacial score (nSPS) is 9.14. The molecular formula is C11H12NO2. The van der Waals surface area contributed by atoms with E-state index in [-0.39, 0.29) is 6.61 Å². The number of carbonyl (C=O) groups excluding carboxylic acids is 1. The number of alkyl carbamates (subject to hydrolysis) is 1. The lowest BCUT2D eigenvalue weighted by atomic mass is 10.2. The Balaban J connectivity index is 2.27. The number of rotatable bonds is 4. The van der Waals surface area contributed by atoms with Gasteiger partial charge in [0, 0.05) is 0 Å². The quantitative estimate of drug-likeness (QED) is 0.790. The van der Waals surface area contributed by atoms with Gasteiger partial charge in [-0.1, -0.05) is 36.4 Å². The number of hydrogen-bond donors (Lipinski definition) is 1. The monoisotopic (exact) mass is 190 g/mol. The fourth-order valence-electron chi connectivity index (χ4n) is 0.892. The van der Waals surface area contributed by atoms with Crippen LogP contribution in [-0.4, -0.2) is 6.09 Å². The maximum atomic E-state index is 11.0. The van der Waals surface area contributed by atoms with Crippen molar-refractivity contribution in [1.29, 1.82) is 0 Å². The molecule has 14 heavy (non-hydrogen) atoms. The Kier molecular flexibility index (Phi) is 4.27. The second-order valence-electron chi connectivity index (χ2n) is 2.61. The van der Waals surface area contributed by atoms with E-state index in [1.165, 1.54) is 12.6 Å². The number of benzene rings is 1. The molecule has 0 saturated carbocycles. The first-order chi connectivity index (χ1) is 6.83. The number of ether oxygens (including phenoxy) is 1. The lowest BCUT2D eigenvalue weighted by molar-refractivity contribution is 0.142. The van der Waals surface area contributed by atoms with Crippen molar-refractivity contribution in [3.63, 3.8) is 0 Å². The van der Waals surface area contributed by atoms with Gasteiger partial charge in [0.15, 0.2) is 0 Å². The molecular weight excluding hydrogens is 178 g/mol. The molecule has 0 heterocycles. The number of hydrogen-bond acceptors (Lipinski definition) is 2. The highest BCUT2D eigenvalue weighted by Gasteiger charge is 1.99. The Morgan fingerprint density at radius 3 is 2.79 bits per heavy atom. The summed E-state index contributed by atoms with van der Waals surface area (Å²) < 4.78 is 4.90. The van der Waals surface area contributed by atoms with Crippen LogP contribution in [0.5, 0.6) is 0 Å². The summed E-state index contributed by atoms with van der Waals surface area (Å²) in [6.45, 7) is 5.12. The summed E-state index contributed by atoms with van der Waals surface area (Å²) in [5, 5.41) is 2.40. The van der Waals surface area contributed by atoms with Crippen molar-refractivity contribution in [2.24, 2.45) is 0 Å². The summed E-state index contributed by atoms with van der Waals surface area (Å²) in [6, 6.07) is 9.49. The highest BCUT2D eigenvalue weighted by molar-refractivity contribution is 5.68. The van der Waals surface area contributed by atoms with Gasteiger partial charge in [0.05, 0.1) is 6.54 Å². The third kappa shape index (κ3) is 3.76. The molecule has 3 nitrogen and oxygen atoms in total. The molecule has 0 aromatic heterocycles. The van der Waals surface area contributed by atoms with Crippen molar-refractivity contribution in [2.75, 3.05) is 0 Å². The van der Waals surface area contributed by atoms with E-state index in [2.05, 4.69) is 11.9 Å². The van der Waals surface area contributed by atoms with Crippen LogP contribution in [0.4, 0.5) is 4.79 Å². The highest BCUT2D eigenvalue weighted by atomic mass is 16.5. The molecule has 0 saturated heterocycles. The van der Waals surface area contributed by atoms with E-state index >= 15 is 0 Å². The van der Waals surface area contributed by atoms with Crippen LogP contribution >= 0.6 is 0 Å². The van der Waals surface area contributed by atoms with E-state index in [9.17, 15) is 4.79 Å². The third-order valence-corrected chi connectivity index (χ3v) is 1.53. The number of nitrogens with one attached hydrogen (secondary N) is 1. The molecule has 0 bridgehead atoms. The molecule has 3 heteroatoms. The van der Waals surface area contributed by atoms with Crippen LogP contribution in [0.3, 0.4) is 0 Å². The van der Waals surface area contributed by atoms with Crippen molar-refractivity contribution in [3.8, 4) is 0 Å². The summed E-state index contributed by atoms with van der Waals surface area (Å²) >= 11 is 0. The van der Waals surface area contributed by atoms with Crippen molar-refractivity contribution in [1.82, 2.24) is 5.32 Å². The van der Waals surface area contributed by atoms with E-state index < -0.39 is 6.09 Å². The second-order valence-corrected chi connectivity index (χ2v) is 2.61. The van der Waals surface area contributed by atoms with Gasteiger partial charge in [0.1, 0.15) is 6.61 Å². The van der Waals surface area contributed by atoms with Crippen molar-refractivity contribution in [2.45, 2.75) is 6.61 Å². The van der Waals surface area contributed by atoms with Crippen molar-refractivity contribution >= 4 is 6.09 Å². The molecule has 1 radical (unpaired) electrons. The van der Waals surface area contributed by atoms with Crippen LogP contribution in [0.2, 0.25) is 0 Å². The maximum absolute atomic E-state index is 11.0. The molecule has 0 aliphatic carbocycles. The van der Waals surface area contributed by atoms with E-state index in [4.69, 9.17) is 4.74 Å². The first-order valence-electron chi connectivity index (χ1n) is 4.24. The largest absolute Gasteiger partial charge is 0.445 e. The lowest BCUT2D eigenvalue weighted by Gasteiger charge is -2.04. The minimum Gasteiger partial charge on any atom is -0.445 e. The molecule has 1 aromatic carbocycles. The van der Waals surface area contributed by atoms with Gasteiger partial charge >= 0.3 is 6.09 Å². The smallest absolute Gasteiger partial charge is 0.408 e. The van der Waals surface area contributed by atoms with Gasteiger partial charge in [0.25, 0.3) is 0 Å². The summed E-state index contributed by atoms with van der Waals surface area (Å²) in [7, 11) is 0. The van der Waals surface area contributed by atoms with Crippen LogP contribution in [0, 0.1) is 6.54 Å². The summed E-state index contributed by atoms with van der Waals surface area (Å²) in [5.74, 6) is 0. The minimum absolute atomic E-state index is 0.275. The molecule has 73 valence electrons. The molecule has 1 amide bonds. The average molecular weight is 190 g/mol. The molecule has 0 aliphatic rings. The predicted molar refractivity (Wildman–Crippen MR) is 54.3 cm³/mol. The third-order valence-electron chi connectivity index (χ3n) is 1.53. The van der Waals surface area contributed by atoms with Crippen LogP contribution < -0.4 is 5.32 Å². The van der Waals surface area contributed by atoms with Crippen molar-refractivity contribution in [3.05, 3.63) is 55.1 Å². The number of carbonyl (C=O) groups is 1. The standard InChI is InChI=1S/C11H12NO2/c1-2-8-12-11(13)14-9-10-6-4-3-5-7-10/h2-8H,1,9H2,(H,12,13).